The van der Waals surface area contributed by atoms with Gasteiger partial charge in [0.25, 0.3) is 0 Å². The van der Waals surface area contributed by atoms with Gasteiger partial charge in [0.1, 0.15) is 5.75 Å². The largest absolute Gasteiger partial charge is 0.497 e. The molecule has 1 N–H and O–H groups in total. The normalized spacial score (nSPS) is 18.1. The number of anilines is 1. The summed E-state index contributed by atoms with van der Waals surface area (Å²) >= 11 is 0. The van der Waals surface area contributed by atoms with Crippen LogP contribution in [0.5, 0.6) is 5.75 Å². The maximum Gasteiger partial charge on any atom is 0.120 e. The van der Waals surface area contributed by atoms with Crippen LogP contribution in [0.25, 0.3) is 10.9 Å². The lowest BCUT2D eigenvalue weighted by Gasteiger charge is -2.41. The van der Waals surface area contributed by atoms with Crippen molar-refractivity contribution >= 4 is 16.6 Å². The highest BCUT2D eigenvalue weighted by Crippen LogP contribution is 2.25. The van der Waals surface area contributed by atoms with E-state index in [0.717, 1.165) is 31.8 Å². The van der Waals surface area contributed by atoms with Crippen molar-refractivity contribution in [3.8, 4) is 5.75 Å². The molecule has 4 nitrogen and oxygen atoms in total. The first-order valence-corrected chi connectivity index (χ1v) is 9.92. The van der Waals surface area contributed by atoms with Gasteiger partial charge in [-0.15, -0.1) is 0 Å². The van der Waals surface area contributed by atoms with Crippen LogP contribution in [0.3, 0.4) is 0 Å². The number of aromatic amines is 1. The van der Waals surface area contributed by atoms with Gasteiger partial charge in [-0.3, -0.25) is 4.90 Å². The van der Waals surface area contributed by atoms with Crippen molar-refractivity contribution in [2.24, 2.45) is 0 Å². The number of benzene rings is 2. The lowest BCUT2D eigenvalue weighted by molar-refractivity contribution is 0.226. The molecule has 2 heterocycles. The number of nitrogens with zero attached hydrogens (tertiary/aromatic N) is 2. The number of rotatable bonds is 6. The Bertz CT molecular complexity index is 888. The van der Waals surface area contributed by atoms with Crippen LogP contribution in [-0.2, 0) is 6.42 Å². The summed E-state index contributed by atoms with van der Waals surface area (Å²) in [7, 11) is 1.73. The van der Waals surface area contributed by atoms with Gasteiger partial charge in [-0.1, -0.05) is 12.1 Å². The summed E-state index contributed by atoms with van der Waals surface area (Å²) in [6, 6.07) is 17.8. The van der Waals surface area contributed by atoms with Crippen LogP contribution in [0.15, 0.2) is 54.7 Å². The van der Waals surface area contributed by atoms with E-state index in [1.807, 2.05) is 12.3 Å². The molecule has 1 unspecified atom stereocenters. The predicted molar refractivity (Wildman–Crippen MR) is 113 cm³/mol. The van der Waals surface area contributed by atoms with Crippen molar-refractivity contribution < 1.29 is 4.74 Å². The van der Waals surface area contributed by atoms with Crippen molar-refractivity contribution in [1.29, 1.82) is 0 Å². The quantitative estimate of drug-likeness (QED) is 0.708. The van der Waals surface area contributed by atoms with Gasteiger partial charge in [0.15, 0.2) is 0 Å². The van der Waals surface area contributed by atoms with Crippen LogP contribution in [0.2, 0.25) is 0 Å². The topological polar surface area (TPSA) is 31.5 Å². The number of piperazine rings is 1. The fourth-order valence-electron chi connectivity index (χ4n) is 4.17. The van der Waals surface area contributed by atoms with Gasteiger partial charge in [-0.05, 0) is 67.6 Å². The Morgan fingerprint density at radius 2 is 2.04 bits per heavy atom. The summed E-state index contributed by atoms with van der Waals surface area (Å²) in [5.74, 6) is 0.932. The monoisotopic (exact) mass is 363 g/mol. The molecule has 0 amide bonds. The van der Waals surface area contributed by atoms with E-state index in [9.17, 15) is 0 Å². The lowest BCUT2D eigenvalue weighted by Crippen LogP contribution is -2.52. The van der Waals surface area contributed by atoms with Gasteiger partial charge in [-0.25, -0.2) is 0 Å². The summed E-state index contributed by atoms with van der Waals surface area (Å²) < 4.78 is 5.38. The minimum Gasteiger partial charge on any atom is -0.497 e. The molecule has 1 aromatic heterocycles. The van der Waals surface area contributed by atoms with Gasteiger partial charge < -0.3 is 14.6 Å². The third-order valence-corrected chi connectivity index (χ3v) is 5.65. The number of fused-ring (bicyclic) bond motifs is 1. The van der Waals surface area contributed by atoms with E-state index in [-0.39, 0.29) is 0 Å². The van der Waals surface area contributed by atoms with Crippen molar-refractivity contribution in [3.05, 3.63) is 60.3 Å². The van der Waals surface area contributed by atoms with Gasteiger partial charge in [-0.2, -0.15) is 0 Å². The van der Waals surface area contributed by atoms with Crippen LogP contribution >= 0.6 is 0 Å². The Morgan fingerprint density at radius 3 is 2.89 bits per heavy atom. The smallest absolute Gasteiger partial charge is 0.120 e. The number of ether oxygens (including phenoxy) is 1. The number of hydrogen-bond acceptors (Lipinski definition) is 3. The van der Waals surface area contributed by atoms with Crippen LogP contribution in [0, 0.1) is 0 Å². The molecular weight excluding hydrogens is 334 g/mol. The molecule has 0 saturated carbocycles. The second kappa shape index (κ2) is 8.05. The number of H-pyrrole nitrogens is 1. The Labute approximate surface area is 161 Å². The third-order valence-electron chi connectivity index (χ3n) is 5.65. The first-order chi connectivity index (χ1) is 13.2. The standard InChI is InChI=1S/C23H29N3O/c1-18-17-25(13-14-26(18)21-6-3-7-22(16-21)27-2)12-4-5-19-8-9-23-20(15-19)10-11-24-23/h3,6-11,15-16,18,24H,4-5,12-14,17H2,1-2H3. The van der Waals surface area contributed by atoms with Crippen LogP contribution < -0.4 is 9.64 Å². The molecule has 142 valence electrons. The average Bonchev–Trinajstić information content (AvgIpc) is 3.16. The van der Waals surface area contributed by atoms with E-state index < -0.39 is 0 Å². The summed E-state index contributed by atoms with van der Waals surface area (Å²) in [5, 5.41) is 1.31. The third kappa shape index (κ3) is 4.11. The molecule has 0 bridgehead atoms. The van der Waals surface area contributed by atoms with E-state index in [1.54, 1.807) is 7.11 Å². The Kier molecular flexibility index (Phi) is 5.35. The summed E-state index contributed by atoms with van der Waals surface area (Å²) in [6.45, 7) is 6.81. The van der Waals surface area contributed by atoms with Gasteiger partial charge >= 0.3 is 0 Å². The molecule has 4 heteroatoms. The minimum atomic E-state index is 0.516. The van der Waals surface area contributed by atoms with Crippen LogP contribution in [0.1, 0.15) is 18.9 Å². The molecule has 0 aliphatic carbocycles. The average molecular weight is 364 g/mol. The van der Waals surface area contributed by atoms with Crippen molar-refractivity contribution in [2.75, 3.05) is 38.2 Å². The predicted octanol–water partition coefficient (Wildman–Crippen LogP) is 4.32. The van der Waals surface area contributed by atoms with Gasteiger partial charge in [0.05, 0.1) is 7.11 Å². The van der Waals surface area contributed by atoms with Crippen LogP contribution in [0.4, 0.5) is 5.69 Å². The molecule has 4 rings (SSSR count). The van der Waals surface area contributed by atoms with Gasteiger partial charge in [0.2, 0.25) is 0 Å². The molecule has 3 aromatic rings. The molecule has 0 spiro atoms. The fourth-order valence-corrected chi connectivity index (χ4v) is 4.17. The zero-order valence-corrected chi connectivity index (χ0v) is 16.3. The highest BCUT2D eigenvalue weighted by atomic mass is 16.5. The molecule has 1 aliphatic heterocycles. The van der Waals surface area contributed by atoms with Crippen molar-refractivity contribution in [3.63, 3.8) is 0 Å². The number of methoxy groups -OCH3 is 1. The van der Waals surface area contributed by atoms with Crippen LogP contribution in [-0.4, -0.2) is 49.2 Å². The van der Waals surface area contributed by atoms with Crippen molar-refractivity contribution in [2.45, 2.75) is 25.8 Å². The summed E-state index contributed by atoms with van der Waals surface area (Å²) in [6.07, 6.45) is 4.37. The maximum absolute atomic E-state index is 5.38. The lowest BCUT2D eigenvalue weighted by atomic mass is 10.1. The molecule has 27 heavy (non-hydrogen) atoms. The number of aromatic nitrogens is 1. The second-order valence-electron chi connectivity index (χ2n) is 7.55. The molecule has 1 saturated heterocycles. The Hall–Kier alpha value is -2.46. The van der Waals surface area contributed by atoms with E-state index in [1.165, 1.54) is 35.1 Å². The SMILES string of the molecule is COc1cccc(N2CCN(CCCc3ccc4[nH]ccc4c3)CC2C)c1. The van der Waals surface area contributed by atoms with E-state index in [0.29, 0.717) is 6.04 Å². The van der Waals surface area contributed by atoms with E-state index in [4.69, 9.17) is 4.74 Å². The minimum absolute atomic E-state index is 0.516. The molecule has 1 atom stereocenters. The number of nitrogens with one attached hydrogen (secondary N) is 1. The highest BCUT2D eigenvalue weighted by molar-refractivity contribution is 5.79. The number of aryl methyl sites for hydroxylation is 1. The zero-order valence-electron chi connectivity index (χ0n) is 16.3. The maximum atomic E-state index is 5.38. The number of hydrogen-bond donors (Lipinski definition) is 1. The summed E-state index contributed by atoms with van der Waals surface area (Å²) in [4.78, 5) is 8.37. The first kappa shape index (κ1) is 17.9. The highest BCUT2D eigenvalue weighted by Gasteiger charge is 2.23. The van der Waals surface area contributed by atoms with Crippen molar-refractivity contribution in [1.82, 2.24) is 9.88 Å². The first-order valence-electron chi connectivity index (χ1n) is 9.92. The molecule has 2 aromatic carbocycles. The fraction of sp³-hybridized carbons (Fsp3) is 0.391. The Morgan fingerprint density at radius 1 is 1.11 bits per heavy atom. The van der Waals surface area contributed by atoms with E-state index >= 15 is 0 Å². The van der Waals surface area contributed by atoms with E-state index in [2.05, 4.69) is 64.2 Å². The molecule has 0 radical (unpaired) electrons. The Balaban J connectivity index is 1.29. The zero-order chi connectivity index (χ0) is 18.6. The molecule has 1 fully saturated rings. The molecular formula is C23H29N3O. The summed E-state index contributed by atoms with van der Waals surface area (Å²) in [5.41, 5.74) is 3.92. The second-order valence-corrected chi connectivity index (χ2v) is 7.55. The van der Waals surface area contributed by atoms with Gasteiger partial charge in [0, 0.05) is 49.1 Å². The molecule has 1 aliphatic rings.